The van der Waals surface area contributed by atoms with Crippen molar-refractivity contribution in [1.82, 2.24) is 10.3 Å². The molecule has 1 aromatic rings. The Hall–Kier alpha value is -1.13. The SMILES string of the molecule is CCCOc1cncc(C(NCC)C2CCOC2)c1. The smallest absolute Gasteiger partial charge is 0.137 e. The molecule has 0 aliphatic carbocycles. The Bertz CT molecular complexity index is 378. The maximum Gasteiger partial charge on any atom is 0.137 e. The van der Waals surface area contributed by atoms with Gasteiger partial charge in [-0.15, -0.1) is 0 Å². The summed E-state index contributed by atoms with van der Waals surface area (Å²) in [6, 6.07) is 2.42. The van der Waals surface area contributed by atoms with E-state index in [1.165, 1.54) is 5.56 Å². The molecule has 0 bridgehead atoms. The van der Waals surface area contributed by atoms with Gasteiger partial charge in [-0.1, -0.05) is 13.8 Å². The molecular formula is C15H24N2O2. The Labute approximate surface area is 115 Å². The van der Waals surface area contributed by atoms with Crippen LogP contribution >= 0.6 is 0 Å². The molecule has 19 heavy (non-hydrogen) atoms. The van der Waals surface area contributed by atoms with E-state index < -0.39 is 0 Å². The third kappa shape index (κ3) is 3.91. The van der Waals surface area contributed by atoms with Crippen molar-refractivity contribution < 1.29 is 9.47 Å². The second-order valence-electron chi connectivity index (χ2n) is 4.96. The van der Waals surface area contributed by atoms with Crippen molar-refractivity contribution in [2.24, 2.45) is 5.92 Å². The fourth-order valence-electron chi connectivity index (χ4n) is 2.50. The van der Waals surface area contributed by atoms with Crippen molar-refractivity contribution in [3.63, 3.8) is 0 Å². The van der Waals surface area contributed by atoms with Crippen LogP contribution in [0, 0.1) is 5.92 Å². The van der Waals surface area contributed by atoms with Gasteiger partial charge in [0.25, 0.3) is 0 Å². The van der Waals surface area contributed by atoms with Crippen molar-refractivity contribution >= 4 is 0 Å². The van der Waals surface area contributed by atoms with Crippen molar-refractivity contribution in [2.75, 3.05) is 26.4 Å². The molecule has 106 valence electrons. The summed E-state index contributed by atoms with van der Waals surface area (Å²) in [6.07, 6.45) is 5.84. The Morgan fingerprint density at radius 2 is 2.37 bits per heavy atom. The van der Waals surface area contributed by atoms with E-state index in [-0.39, 0.29) is 0 Å². The monoisotopic (exact) mass is 264 g/mol. The van der Waals surface area contributed by atoms with E-state index in [1.807, 2.05) is 6.20 Å². The number of rotatable bonds is 7. The van der Waals surface area contributed by atoms with Crippen molar-refractivity contribution in [3.8, 4) is 5.75 Å². The molecule has 0 radical (unpaired) electrons. The largest absolute Gasteiger partial charge is 0.492 e. The summed E-state index contributed by atoms with van der Waals surface area (Å²) < 4.78 is 11.2. The summed E-state index contributed by atoms with van der Waals surface area (Å²) in [7, 11) is 0. The summed E-state index contributed by atoms with van der Waals surface area (Å²) >= 11 is 0. The molecule has 2 heterocycles. The molecule has 1 fully saturated rings. The molecule has 4 nitrogen and oxygen atoms in total. The molecule has 0 spiro atoms. The normalized spacial score (nSPS) is 20.4. The molecule has 2 atom stereocenters. The summed E-state index contributed by atoms with van der Waals surface area (Å²) in [5, 5.41) is 3.55. The van der Waals surface area contributed by atoms with Crippen LogP contribution < -0.4 is 10.1 Å². The van der Waals surface area contributed by atoms with Gasteiger partial charge in [0.2, 0.25) is 0 Å². The topological polar surface area (TPSA) is 43.4 Å². The minimum atomic E-state index is 0.310. The lowest BCUT2D eigenvalue weighted by Gasteiger charge is -2.23. The zero-order valence-corrected chi connectivity index (χ0v) is 11.9. The van der Waals surface area contributed by atoms with E-state index in [4.69, 9.17) is 9.47 Å². The van der Waals surface area contributed by atoms with Crippen LogP contribution in [0.5, 0.6) is 5.75 Å². The van der Waals surface area contributed by atoms with Crippen LogP contribution in [-0.2, 0) is 4.74 Å². The highest BCUT2D eigenvalue weighted by Crippen LogP contribution is 2.29. The van der Waals surface area contributed by atoms with E-state index >= 15 is 0 Å². The molecule has 2 unspecified atom stereocenters. The minimum Gasteiger partial charge on any atom is -0.492 e. The van der Waals surface area contributed by atoms with Crippen LogP contribution in [0.2, 0.25) is 0 Å². The predicted molar refractivity (Wildman–Crippen MR) is 75.4 cm³/mol. The molecule has 1 aliphatic rings. The molecule has 1 saturated heterocycles. The first-order valence-electron chi connectivity index (χ1n) is 7.24. The van der Waals surface area contributed by atoms with Gasteiger partial charge in [-0.05, 0) is 31.0 Å². The first-order chi connectivity index (χ1) is 9.35. The van der Waals surface area contributed by atoms with Crippen LogP contribution in [0.25, 0.3) is 0 Å². The van der Waals surface area contributed by atoms with E-state index in [0.29, 0.717) is 12.0 Å². The molecule has 1 N–H and O–H groups in total. The van der Waals surface area contributed by atoms with Gasteiger partial charge < -0.3 is 14.8 Å². The molecule has 0 saturated carbocycles. The quantitative estimate of drug-likeness (QED) is 0.822. The fourth-order valence-corrected chi connectivity index (χ4v) is 2.50. The summed E-state index contributed by atoms with van der Waals surface area (Å²) in [4.78, 5) is 4.31. The highest BCUT2D eigenvalue weighted by atomic mass is 16.5. The van der Waals surface area contributed by atoms with E-state index in [0.717, 1.165) is 45.0 Å². The zero-order chi connectivity index (χ0) is 13.5. The standard InChI is InChI=1S/C15H24N2O2/c1-3-6-19-14-8-13(9-16-10-14)15(17-4-2)12-5-7-18-11-12/h8-10,12,15,17H,3-7,11H2,1-2H3. The van der Waals surface area contributed by atoms with Gasteiger partial charge in [0.05, 0.1) is 19.4 Å². The van der Waals surface area contributed by atoms with Crippen molar-refractivity contribution in [1.29, 1.82) is 0 Å². The number of nitrogens with one attached hydrogen (secondary N) is 1. The second kappa shape index (κ2) is 7.46. The lowest BCUT2D eigenvalue weighted by atomic mass is 9.93. The lowest BCUT2D eigenvalue weighted by Crippen LogP contribution is -2.28. The van der Waals surface area contributed by atoms with Crippen LogP contribution in [0.15, 0.2) is 18.5 Å². The third-order valence-corrected chi connectivity index (χ3v) is 3.43. The molecule has 1 aromatic heterocycles. The average Bonchev–Trinajstić information content (AvgIpc) is 2.96. The van der Waals surface area contributed by atoms with Crippen LogP contribution in [-0.4, -0.2) is 31.3 Å². The maximum atomic E-state index is 5.67. The van der Waals surface area contributed by atoms with E-state index in [2.05, 4.69) is 30.2 Å². The number of pyridine rings is 1. The zero-order valence-electron chi connectivity index (χ0n) is 11.9. The van der Waals surface area contributed by atoms with Gasteiger partial charge in [-0.25, -0.2) is 0 Å². The van der Waals surface area contributed by atoms with Crippen molar-refractivity contribution in [3.05, 3.63) is 24.0 Å². The molecule has 2 rings (SSSR count). The second-order valence-corrected chi connectivity index (χ2v) is 4.96. The first-order valence-corrected chi connectivity index (χ1v) is 7.24. The van der Waals surface area contributed by atoms with Crippen LogP contribution in [0.3, 0.4) is 0 Å². The van der Waals surface area contributed by atoms with Gasteiger partial charge in [-0.3, -0.25) is 4.98 Å². The van der Waals surface area contributed by atoms with Gasteiger partial charge in [0.1, 0.15) is 5.75 Å². The molecular weight excluding hydrogens is 240 g/mol. The Morgan fingerprint density at radius 3 is 3.05 bits per heavy atom. The number of hydrogen-bond acceptors (Lipinski definition) is 4. The van der Waals surface area contributed by atoms with Crippen LogP contribution in [0.1, 0.15) is 38.3 Å². The molecule has 4 heteroatoms. The highest BCUT2D eigenvalue weighted by Gasteiger charge is 2.26. The predicted octanol–water partition coefficient (Wildman–Crippen LogP) is 2.56. The Morgan fingerprint density at radius 1 is 1.47 bits per heavy atom. The van der Waals surface area contributed by atoms with Gasteiger partial charge in [0, 0.05) is 24.8 Å². The summed E-state index contributed by atoms with van der Waals surface area (Å²) in [5.41, 5.74) is 1.20. The minimum absolute atomic E-state index is 0.310. The van der Waals surface area contributed by atoms with Gasteiger partial charge >= 0.3 is 0 Å². The Kier molecular flexibility index (Phi) is 5.61. The molecule has 0 aromatic carbocycles. The number of hydrogen-bond donors (Lipinski definition) is 1. The molecule has 1 aliphatic heterocycles. The number of aromatic nitrogens is 1. The van der Waals surface area contributed by atoms with Crippen LogP contribution in [0.4, 0.5) is 0 Å². The fraction of sp³-hybridized carbons (Fsp3) is 0.667. The number of ether oxygens (including phenoxy) is 2. The number of nitrogens with zero attached hydrogens (tertiary/aromatic N) is 1. The Balaban J connectivity index is 2.11. The highest BCUT2D eigenvalue weighted by molar-refractivity contribution is 5.26. The molecule has 0 amide bonds. The third-order valence-electron chi connectivity index (χ3n) is 3.43. The van der Waals surface area contributed by atoms with Gasteiger partial charge in [0.15, 0.2) is 0 Å². The maximum absolute atomic E-state index is 5.67. The lowest BCUT2D eigenvalue weighted by molar-refractivity contribution is 0.177. The van der Waals surface area contributed by atoms with Crippen molar-refractivity contribution in [2.45, 2.75) is 32.7 Å². The average molecular weight is 264 g/mol. The first kappa shape index (κ1) is 14.3. The summed E-state index contributed by atoms with van der Waals surface area (Å²) in [5.74, 6) is 1.39. The van der Waals surface area contributed by atoms with E-state index in [1.54, 1.807) is 6.20 Å². The summed E-state index contributed by atoms with van der Waals surface area (Å²) in [6.45, 7) is 7.62. The van der Waals surface area contributed by atoms with E-state index in [9.17, 15) is 0 Å². The van der Waals surface area contributed by atoms with Gasteiger partial charge in [-0.2, -0.15) is 0 Å².